The molecule has 1 N–H and O–H groups in total. The molecule has 1 amide bonds. The first-order valence-corrected chi connectivity index (χ1v) is 4.87. The Hall–Kier alpha value is -0.280. The van der Waals surface area contributed by atoms with E-state index in [0.29, 0.717) is 13.1 Å². The first-order chi connectivity index (χ1) is 5.78. The number of rotatable bonds is 4. The minimum atomic E-state index is -0.864. The van der Waals surface area contributed by atoms with Gasteiger partial charge in [-0.25, -0.2) is 0 Å². The highest BCUT2D eigenvalue weighted by atomic mass is 35.5. The SMILES string of the molecule is CCN(CC(C)(C)O)C(=O)C(C)Cl. The summed E-state index contributed by atoms with van der Waals surface area (Å²) in [6, 6.07) is 0. The van der Waals surface area contributed by atoms with Crippen molar-refractivity contribution in [3.05, 3.63) is 0 Å². The zero-order valence-corrected chi connectivity index (χ0v) is 9.43. The summed E-state index contributed by atoms with van der Waals surface area (Å²) in [5.74, 6) is -0.133. The van der Waals surface area contributed by atoms with E-state index in [1.54, 1.807) is 25.7 Å². The first-order valence-electron chi connectivity index (χ1n) is 4.43. The number of halogens is 1. The summed E-state index contributed by atoms with van der Waals surface area (Å²) in [6.07, 6.45) is 0. The van der Waals surface area contributed by atoms with E-state index in [9.17, 15) is 9.90 Å². The Morgan fingerprint density at radius 2 is 2.08 bits per heavy atom. The second-order valence-electron chi connectivity index (χ2n) is 3.78. The van der Waals surface area contributed by atoms with E-state index in [2.05, 4.69) is 0 Å². The Morgan fingerprint density at radius 1 is 1.62 bits per heavy atom. The Bertz CT molecular complexity index is 175. The Kier molecular flexibility index (Phi) is 4.71. The summed E-state index contributed by atoms with van der Waals surface area (Å²) in [6.45, 7) is 7.72. The molecule has 0 fully saturated rings. The molecule has 0 saturated heterocycles. The average molecular weight is 208 g/mol. The number of hydrogen-bond acceptors (Lipinski definition) is 2. The van der Waals surface area contributed by atoms with Crippen LogP contribution in [0.5, 0.6) is 0 Å². The van der Waals surface area contributed by atoms with Gasteiger partial charge in [-0.3, -0.25) is 4.79 Å². The van der Waals surface area contributed by atoms with Gasteiger partial charge in [-0.05, 0) is 27.7 Å². The van der Waals surface area contributed by atoms with Crippen LogP contribution in [0.2, 0.25) is 0 Å². The van der Waals surface area contributed by atoms with Crippen molar-refractivity contribution in [2.24, 2.45) is 0 Å². The number of alkyl halides is 1. The Labute approximate surface area is 84.7 Å². The van der Waals surface area contributed by atoms with Crippen molar-refractivity contribution in [2.75, 3.05) is 13.1 Å². The molecule has 0 saturated carbocycles. The molecule has 0 rings (SSSR count). The maximum Gasteiger partial charge on any atom is 0.240 e. The van der Waals surface area contributed by atoms with Gasteiger partial charge in [0.05, 0.1) is 5.60 Å². The standard InChI is InChI=1S/C9H18ClNO2/c1-5-11(6-9(3,4)13)8(12)7(2)10/h7,13H,5-6H2,1-4H3. The van der Waals surface area contributed by atoms with Gasteiger partial charge in [-0.15, -0.1) is 11.6 Å². The normalized spacial score (nSPS) is 14.0. The molecule has 0 aliphatic heterocycles. The van der Waals surface area contributed by atoms with E-state index in [4.69, 9.17) is 11.6 Å². The van der Waals surface area contributed by atoms with Crippen molar-refractivity contribution >= 4 is 17.5 Å². The molecule has 0 radical (unpaired) electrons. The van der Waals surface area contributed by atoms with Gasteiger partial charge in [-0.1, -0.05) is 0 Å². The quantitative estimate of drug-likeness (QED) is 0.705. The van der Waals surface area contributed by atoms with E-state index < -0.39 is 11.0 Å². The topological polar surface area (TPSA) is 40.5 Å². The third kappa shape index (κ3) is 5.11. The van der Waals surface area contributed by atoms with Crippen LogP contribution in [-0.4, -0.2) is 40.0 Å². The van der Waals surface area contributed by atoms with Gasteiger partial charge in [0.2, 0.25) is 5.91 Å². The number of likely N-dealkylation sites (N-methyl/N-ethyl adjacent to an activating group) is 1. The molecule has 0 bridgehead atoms. The van der Waals surface area contributed by atoms with Crippen molar-refractivity contribution in [1.29, 1.82) is 0 Å². The van der Waals surface area contributed by atoms with Crippen molar-refractivity contribution in [3.8, 4) is 0 Å². The predicted octanol–water partition coefficient (Wildman–Crippen LogP) is 1.23. The van der Waals surface area contributed by atoms with E-state index in [1.165, 1.54) is 0 Å². The lowest BCUT2D eigenvalue weighted by molar-refractivity contribution is -0.133. The van der Waals surface area contributed by atoms with Crippen LogP contribution in [0, 0.1) is 0 Å². The van der Waals surface area contributed by atoms with Gasteiger partial charge < -0.3 is 10.0 Å². The zero-order valence-electron chi connectivity index (χ0n) is 8.67. The highest BCUT2D eigenvalue weighted by molar-refractivity contribution is 6.30. The van der Waals surface area contributed by atoms with Gasteiger partial charge in [0.25, 0.3) is 0 Å². The van der Waals surface area contributed by atoms with E-state index in [-0.39, 0.29) is 5.91 Å². The molecule has 0 aromatic rings. The summed E-state index contributed by atoms with van der Waals surface area (Å²) in [5, 5.41) is 8.99. The zero-order chi connectivity index (χ0) is 10.6. The molecule has 0 heterocycles. The molecule has 0 aliphatic carbocycles. The molecule has 1 atom stereocenters. The second-order valence-corrected chi connectivity index (χ2v) is 4.44. The number of nitrogens with zero attached hydrogens (tertiary/aromatic N) is 1. The smallest absolute Gasteiger partial charge is 0.240 e. The third-order valence-electron chi connectivity index (χ3n) is 1.61. The minimum Gasteiger partial charge on any atom is -0.389 e. The van der Waals surface area contributed by atoms with Gasteiger partial charge >= 0.3 is 0 Å². The molecule has 0 aliphatic rings. The number of amides is 1. The summed E-state index contributed by atoms with van der Waals surface area (Å²) >= 11 is 5.66. The summed E-state index contributed by atoms with van der Waals surface area (Å²) in [5.41, 5.74) is -0.864. The van der Waals surface area contributed by atoms with Gasteiger partial charge in [0.15, 0.2) is 0 Å². The first kappa shape index (κ1) is 12.7. The van der Waals surface area contributed by atoms with Crippen molar-refractivity contribution in [3.63, 3.8) is 0 Å². The summed E-state index contributed by atoms with van der Waals surface area (Å²) < 4.78 is 0. The van der Waals surface area contributed by atoms with E-state index in [0.717, 1.165) is 0 Å². The fourth-order valence-electron chi connectivity index (χ4n) is 1.06. The lowest BCUT2D eigenvalue weighted by Crippen LogP contribution is -2.44. The molecule has 3 nitrogen and oxygen atoms in total. The maximum absolute atomic E-state index is 11.4. The van der Waals surface area contributed by atoms with Gasteiger partial charge in [-0.2, -0.15) is 0 Å². The van der Waals surface area contributed by atoms with E-state index in [1.807, 2.05) is 6.92 Å². The molecular formula is C9H18ClNO2. The van der Waals surface area contributed by atoms with Crippen molar-refractivity contribution in [2.45, 2.75) is 38.7 Å². The van der Waals surface area contributed by atoms with Crippen LogP contribution in [0.25, 0.3) is 0 Å². The van der Waals surface area contributed by atoms with E-state index >= 15 is 0 Å². The third-order valence-corrected chi connectivity index (χ3v) is 1.80. The largest absolute Gasteiger partial charge is 0.389 e. The monoisotopic (exact) mass is 207 g/mol. The fraction of sp³-hybridized carbons (Fsp3) is 0.889. The van der Waals surface area contributed by atoms with Gasteiger partial charge in [0, 0.05) is 13.1 Å². The predicted molar refractivity (Wildman–Crippen MR) is 53.9 cm³/mol. The van der Waals surface area contributed by atoms with Crippen LogP contribution in [-0.2, 0) is 4.79 Å². The molecule has 78 valence electrons. The van der Waals surface area contributed by atoms with Gasteiger partial charge in [0.1, 0.15) is 5.38 Å². The second kappa shape index (κ2) is 4.82. The van der Waals surface area contributed by atoms with Crippen LogP contribution in [0.4, 0.5) is 0 Å². The highest BCUT2D eigenvalue weighted by Gasteiger charge is 2.23. The number of carbonyl (C=O) groups is 1. The molecule has 0 aromatic carbocycles. The minimum absolute atomic E-state index is 0.133. The molecular weight excluding hydrogens is 190 g/mol. The lowest BCUT2D eigenvalue weighted by atomic mass is 10.1. The number of hydrogen-bond donors (Lipinski definition) is 1. The summed E-state index contributed by atoms with van der Waals surface area (Å²) in [7, 11) is 0. The van der Waals surface area contributed by atoms with Crippen LogP contribution in [0.3, 0.4) is 0 Å². The van der Waals surface area contributed by atoms with Crippen molar-refractivity contribution in [1.82, 2.24) is 4.90 Å². The molecule has 13 heavy (non-hydrogen) atoms. The average Bonchev–Trinajstić information content (AvgIpc) is 1.97. The highest BCUT2D eigenvalue weighted by Crippen LogP contribution is 2.08. The van der Waals surface area contributed by atoms with Crippen LogP contribution in [0.15, 0.2) is 0 Å². The van der Waals surface area contributed by atoms with Crippen LogP contribution in [0.1, 0.15) is 27.7 Å². The van der Waals surface area contributed by atoms with Crippen LogP contribution >= 0.6 is 11.6 Å². The molecule has 1 unspecified atom stereocenters. The van der Waals surface area contributed by atoms with Crippen molar-refractivity contribution < 1.29 is 9.90 Å². The summed E-state index contributed by atoms with van der Waals surface area (Å²) in [4.78, 5) is 13.0. The molecule has 4 heteroatoms. The Morgan fingerprint density at radius 3 is 2.31 bits per heavy atom. The number of carbonyl (C=O) groups excluding carboxylic acids is 1. The number of aliphatic hydroxyl groups is 1. The maximum atomic E-state index is 11.4. The fourth-order valence-corrected chi connectivity index (χ4v) is 1.20. The molecule has 0 aromatic heterocycles. The lowest BCUT2D eigenvalue weighted by Gasteiger charge is -2.28. The Balaban J connectivity index is 4.27. The molecule has 0 spiro atoms. The van der Waals surface area contributed by atoms with Crippen LogP contribution < -0.4 is 0 Å².